The van der Waals surface area contributed by atoms with E-state index in [0.29, 0.717) is 17.0 Å². The van der Waals surface area contributed by atoms with Crippen molar-refractivity contribution in [2.45, 2.75) is 26.8 Å². The summed E-state index contributed by atoms with van der Waals surface area (Å²) in [4.78, 5) is 21.8. The highest BCUT2D eigenvalue weighted by Crippen LogP contribution is 2.23. The van der Waals surface area contributed by atoms with Crippen molar-refractivity contribution in [1.29, 1.82) is 0 Å². The predicted molar refractivity (Wildman–Crippen MR) is 113 cm³/mol. The molecular formula is C23H23N5O. The molecule has 4 rings (SSSR count). The Balaban J connectivity index is 1.66. The number of fused-ring (bicyclic) bond motifs is 1. The van der Waals surface area contributed by atoms with Gasteiger partial charge in [0.25, 0.3) is 5.91 Å². The maximum atomic E-state index is 13.0. The Morgan fingerprint density at radius 1 is 1.03 bits per heavy atom. The van der Waals surface area contributed by atoms with Crippen LogP contribution in [0.5, 0.6) is 0 Å². The Bertz CT molecular complexity index is 1140. The smallest absolute Gasteiger partial charge is 0.253 e. The van der Waals surface area contributed by atoms with Gasteiger partial charge in [0, 0.05) is 17.8 Å². The first-order chi connectivity index (χ1) is 14.0. The van der Waals surface area contributed by atoms with Crippen LogP contribution in [-0.4, -0.2) is 25.7 Å². The zero-order valence-electron chi connectivity index (χ0n) is 16.7. The lowest BCUT2D eigenvalue weighted by Crippen LogP contribution is -2.31. The van der Waals surface area contributed by atoms with Gasteiger partial charge in [-0.25, -0.2) is 9.97 Å². The van der Waals surface area contributed by atoms with Gasteiger partial charge < -0.3 is 5.32 Å². The van der Waals surface area contributed by atoms with Crippen molar-refractivity contribution in [2.75, 3.05) is 0 Å². The minimum Gasteiger partial charge on any atom is -0.345 e. The minimum atomic E-state index is -0.146. The van der Waals surface area contributed by atoms with E-state index in [2.05, 4.69) is 34.2 Å². The van der Waals surface area contributed by atoms with Gasteiger partial charge in [-0.1, -0.05) is 50.2 Å². The van der Waals surface area contributed by atoms with Crippen LogP contribution < -0.4 is 5.32 Å². The molecule has 3 aromatic heterocycles. The summed E-state index contributed by atoms with van der Waals surface area (Å²) in [6.45, 7) is 6.10. The number of hydrogen-bond acceptors (Lipinski definition) is 4. The number of nitrogens with zero attached hydrogens (tertiary/aromatic N) is 4. The third-order valence-electron chi connectivity index (χ3n) is 4.95. The van der Waals surface area contributed by atoms with E-state index in [1.165, 1.54) is 0 Å². The molecule has 0 bridgehead atoms. The molecule has 0 radical (unpaired) electrons. The van der Waals surface area contributed by atoms with E-state index in [0.717, 1.165) is 16.6 Å². The molecule has 1 N–H and O–H groups in total. The predicted octanol–water partition coefficient (Wildman–Crippen LogP) is 4.25. The summed E-state index contributed by atoms with van der Waals surface area (Å²) in [6.07, 6.45) is 3.32. The molecule has 6 heteroatoms. The van der Waals surface area contributed by atoms with Crippen molar-refractivity contribution >= 4 is 16.9 Å². The Kier molecular flexibility index (Phi) is 5.08. The van der Waals surface area contributed by atoms with Crippen LogP contribution in [0.4, 0.5) is 0 Å². The summed E-state index contributed by atoms with van der Waals surface area (Å²) in [6, 6.07) is 17.4. The lowest BCUT2D eigenvalue weighted by molar-refractivity contribution is 0.0925. The number of aromatic nitrogens is 4. The number of benzene rings is 1. The van der Waals surface area contributed by atoms with E-state index in [9.17, 15) is 4.79 Å². The monoisotopic (exact) mass is 385 g/mol. The molecule has 0 saturated carbocycles. The molecule has 1 atom stereocenters. The van der Waals surface area contributed by atoms with Gasteiger partial charge in [-0.05, 0) is 36.6 Å². The lowest BCUT2D eigenvalue weighted by Gasteiger charge is -2.23. The van der Waals surface area contributed by atoms with Crippen LogP contribution in [-0.2, 0) is 0 Å². The third-order valence-corrected chi connectivity index (χ3v) is 4.95. The third kappa shape index (κ3) is 3.74. The normalized spacial score (nSPS) is 12.3. The van der Waals surface area contributed by atoms with E-state index >= 15 is 0 Å². The van der Waals surface area contributed by atoms with Gasteiger partial charge in [0.05, 0.1) is 17.3 Å². The molecule has 0 aliphatic heterocycles. The zero-order valence-corrected chi connectivity index (χ0v) is 16.7. The molecule has 4 aromatic rings. The molecule has 0 fully saturated rings. The average Bonchev–Trinajstić information content (AvgIpc) is 3.09. The molecule has 6 nitrogen and oxygen atoms in total. The van der Waals surface area contributed by atoms with Crippen LogP contribution >= 0.6 is 0 Å². The number of hydrogen-bond donors (Lipinski definition) is 1. The van der Waals surface area contributed by atoms with Crippen LogP contribution in [0, 0.1) is 12.8 Å². The first-order valence-electron chi connectivity index (χ1n) is 9.67. The van der Waals surface area contributed by atoms with Crippen molar-refractivity contribution < 1.29 is 4.79 Å². The number of nitrogens with one attached hydrogen (secondary N) is 1. The summed E-state index contributed by atoms with van der Waals surface area (Å²) < 4.78 is 1.70. The van der Waals surface area contributed by atoms with Crippen molar-refractivity contribution in [2.24, 2.45) is 5.92 Å². The highest BCUT2D eigenvalue weighted by Gasteiger charge is 2.20. The number of amides is 1. The first kappa shape index (κ1) is 18.8. The highest BCUT2D eigenvalue weighted by atomic mass is 16.1. The number of aryl methyl sites for hydroxylation is 1. The molecule has 1 amide bonds. The van der Waals surface area contributed by atoms with Crippen molar-refractivity contribution in [3.05, 3.63) is 83.8 Å². The lowest BCUT2D eigenvalue weighted by atomic mass is 9.96. The van der Waals surface area contributed by atoms with Crippen molar-refractivity contribution in [3.8, 4) is 5.82 Å². The molecule has 0 unspecified atom stereocenters. The molecule has 29 heavy (non-hydrogen) atoms. The largest absolute Gasteiger partial charge is 0.345 e. The Labute approximate surface area is 169 Å². The van der Waals surface area contributed by atoms with Gasteiger partial charge in [0.15, 0.2) is 11.5 Å². The molecule has 0 spiro atoms. The molecule has 1 aromatic carbocycles. The summed E-state index contributed by atoms with van der Waals surface area (Å²) in [5, 5.41) is 8.55. The summed E-state index contributed by atoms with van der Waals surface area (Å²) >= 11 is 0. The topological polar surface area (TPSA) is 72.7 Å². The maximum Gasteiger partial charge on any atom is 0.253 e. The molecule has 0 saturated heterocycles. The van der Waals surface area contributed by atoms with E-state index in [1.54, 1.807) is 17.1 Å². The minimum absolute atomic E-state index is 0.0725. The Hall–Kier alpha value is -3.54. The fourth-order valence-corrected chi connectivity index (χ4v) is 3.43. The van der Waals surface area contributed by atoms with Crippen molar-refractivity contribution in [3.63, 3.8) is 0 Å². The average molecular weight is 385 g/mol. The fraction of sp³-hybridized carbons (Fsp3) is 0.217. The van der Waals surface area contributed by atoms with Gasteiger partial charge in [-0.15, -0.1) is 0 Å². The van der Waals surface area contributed by atoms with Crippen LogP contribution in [0.25, 0.3) is 16.9 Å². The summed E-state index contributed by atoms with van der Waals surface area (Å²) in [5.41, 5.74) is 3.09. The quantitative estimate of drug-likeness (QED) is 0.557. The van der Waals surface area contributed by atoms with E-state index in [4.69, 9.17) is 0 Å². The Morgan fingerprint density at radius 3 is 2.48 bits per heavy atom. The number of rotatable bonds is 5. The molecule has 3 heterocycles. The van der Waals surface area contributed by atoms with Crippen LogP contribution in [0.2, 0.25) is 0 Å². The molecule has 0 aliphatic rings. The van der Waals surface area contributed by atoms with Gasteiger partial charge >= 0.3 is 0 Å². The molecular weight excluding hydrogens is 362 g/mol. The van der Waals surface area contributed by atoms with E-state index in [-0.39, 0.29) is 17.9 Å². The number of carbonyl (C=O) groups excluding carboxylic acids is 1. The first-order valence-corrected chi connectivity index (χ1v) is 9.67. The second-order valence-electron chi connectivity index (χ2n) is 7.39. The SMILES string of the molecule is Cc1nn(-c2ccccn2)c2ncc(C(=O)N[C@H](c3ccccc3)C(C)C)cc12. The summed E-state index contributed by atoms with van der Waals surface area (Å²) in [5.74, 6) is 0.804. The standard InChI is InChI=1S/C23H23N5O/c1-15(2)21(17-9-5-4-6-10-17)26-23(29)18-13-19-16(3)27-28(22(19)25-14-18)20-11-7-8-12-24-20/h4-15,21H,1-3H3,(H,26,29)/t21-/m0/s1. The fourth-order valence-electron chi connectivity index (χ4n) is 3.43. The Morgan fingerprint density at radius 2 is 1.79 bits per heavy atom. The van der Waals surface area contributed by atoms with Crippen LogP contribution in [0.3, 0.4) is 0 Å². The molecule has 146 valence electrons. The van der Waals surface area contributed by atoms with Gasteiger partial charge in [-0.3, -0.25) is 4.79 Å². The molecule has 0 aliphatic carbocycles. The second kappa shape index (κ2) is 7.83. The second-order valence-corrected chi connectivity index (χ2v) is 7.39. The number of pyridine rings is 2. The van der Waals surface area contributed by atoms with E-state index < -0.39 is 0 Å². The van der Waals surface area contributed by atoms with Crippen LogP contribution in [0.15, 0.2) is 67.0 Å². The van der Waals surface area contributed by atoms with E-state index in [1.807, 2.05) is 61.5 Å². The van der Waals surface area contributed by atoms with Crippen molar-refractivity contribution in [1.82, 2.24) is 25.1 Å². The van der Waals surface area contributed by atoms with Gasteiger partial charge in [0.2, 0.25) is 0 Å². The van der Waals surface area contributed by atoms with Gasteiger partial charge in [0.1, 0.15) is 0 Å². The van der Waals surface area contributed by atoms with Gasteiger partial charge in [-0.2, -0.15) is 9.78 Å². The zero-order chi connectivity index (χ0) is 20.4. The highest BCUT2D eigenvalue weighted by molar-refractivity contribution is 5.97. The maximum absolute atomic E-state index is 13.0. The van der Waals surface area contributed by atoms with Crippen LogP contribution in [0.1, 0.15) is 41.5 Å². The summed E-state index contributed by atoms with van der Waals surface area (Å²) in [7, 11) is 0. The number of carbonyl (C=O) groups is 1.